The fourth-order valence-corrected chi connectivity index (χ4v) is 4.21. The molecule has 0 bridgehead atoms. The minimum atomic E-state index is 0.105. The highest BCUT2D eigenvalue weighted by atomic mass is 16.2. The van der Waals surface area contributed by atoms with E-state index in [0.29, 0.717) is 17.7 Å². The quantitative estimate of drug-likeness (QED) is 0.779. The maximum atomic E-state index is 12.3. The van der Waals surface area contributed by atoms with Gasteiger partial charge >= 0.3 is 0 Å². The zero-order chi connectivity index (χ0) is 17.9. The van der Waals surface area contributed by atoms with E-state index in [2.05, 4.69) is 9.88 Å². The standard InChI is InChI=1S/C20H30N4O2/c25-19-3-1-2-8-23(19)12-11-22-9-6-16(7-10-22)14-24-15-21-18(13-20(24)26)17-4-5-17/h13,15-17H,1-12,14H2. The fourth-order valence-electron chi connectivity index (χ4n) is 4.21. The van der Waals surface area contributed by atoms with Crippen molar-refractivity contribution in [3.05, 3.63) is 28.4 Å². The van der Waals surface area contributed by atoms with Crippen molar-refractivity contribution in [2.45, 2.75) is 57.4 Å². The maximum Gasteiger partial charge on any atom is 0.253 e. The molecule has 4 rings (SSSR count). The lowest BCUT2D eigenvalue weighted by Crippen LogP contribution is -2.43. The highest BCUT2D eigenvalue weighted by Crippen LogP contribution is 2.38. The summed E-state index contributed by atoms with van der Waals surface area (Å²) in [6, 6.07) is 1.74. The molecule has 2 aliphatic heterocycles. The Morgan fingerprint density at radius 3 is 2.50 bits per heavy atom. The van der Waals surface area contributed by atoms with Gasteiger partial charge in [-0.25, -0.2) is 4.98 Å². The molecule has 0 unspecified atom stereocenters. The predicted octanol–water partition coefficient (Wildman–Crippen LogP) is 1.85. The number of amides is 1. The second kappa shape index (κ2) is 7.91. The Labute approximate surface area is 155 Å². The first kappa shape index (κ1) is 17.7. The van der Waals surface area contributed by atoms with E-state index in [9.17, 15) is 9.59 Å². The smallest absolute Gasteiger partial charge is 0.253 e. The first-order valence-corrected chi connectivity index (χ1v) is 10.3. The number of nitrogens with zero attached hydrogens (tertiary/aromatic N) is 4. The summed E-state index contributed by atoms with van der Waals surface area (Å²) in [6.45, 7) is 5.70. The van der Waals surface area contributed by atoms with Gasteiger partial charge in [0.1, 0.15) is 0 Å². The van der Waals surface area contributed by atoms with Crippen molar-refractivity contribution in [1.29, 1.82) is 0 Å². The monoisotopic (exact) mass is 358 g/mol. The Kier molecular flexibility index (Phi) is 5.38. The molecule has 142 valence electrons. The second-order valence-corrected chi connectivity index (χ2v) is 8.20. The van der Waals surface area contributed by atoms with Gasteiger partial charge in [0.2, 0.25) is 5.91 Å². The summed E-state index contributed by atoms with van der Waals surface area (Å²) < 4.78 is 1.79. The van der Waals surface area contributed by atoms with E-state index in [0.717, 1.165) is 77.1 Å². The van der Waals surface area contributed by atoms with Crippen LogP contribution in [0.2, 0.25) is 0 Å². The molecule has 0 radical (unpaired) electrons. The molecule has 0 atom stereocenters. The molecule has 3 heterocycles. The number of aromatic nitrogens is 2. The van der Waals surface area contributed by atoms with Crippen LogP contribution in [0.3, 0.4) is 0 Å². The van der Waals surface area contributed by atoms with Crippen molar-refractivity contribution in [2.75, 3.05) is 32.7 Å². The molecule has 2 saturated heterocycles. The molecule has 26 heavy (non-hydrogen) atoms. The summed E-state index contributed by atoms with van der Waals surface area (Å²) >= 11 is 0. The van der Waals surface area contributed by atoms with Gasteiger partial charge in [0.25, 0.3) is 5.56 Å². The van der Waals surface area contributed by atoms with Crippen LogP contribution in [-0.2, 0) is 11.3 Å². The van der Waals surface area contributed by atoms with Gasteiger partial charge in [0.15, 0.2) is 0 Å². The molecule has 0 N–H and O–H groups in total. The summed E-state index contributed by atoms with van der Waals surface area (Å²) in [6.07, 6.45) is 9.27. The first-order chi connectivity index (χ1) is 12.7. The lowest BCUT2D eigenvalue weighted by atomic mass is 9.96. The summed E-state index contributed by atoms with van der Waals surface area (Å²) in [4.78, 5) is 33.2. The lowest BCUT2D eigenvalue weighted by Gasteiger charge is -2.34. The second-order valence-electron chi connectivity index (χ2n) is 8.20. The van der Waals surface area contributed by atoms with Gasteiger partial charge in [-0.2, -0.15) is 0 Å². The molecular weight excluding hydrogens is 328 g/mol. The van der Waals surface area contributed by atoms with Crippen LogP contribution in [0.5, 0.6) is 0 Å². The van der Waals surface area contributed by atoms with Gasteiger partial charge in [-0.05, 0) is 57.5 Å². The van der Waals surface area contributed by atoms with Crippen molar-refractivity contribution in [3.63, 3.8) is 0 Å². The molecule has 6 heteroatoms. The van der Waals surface area contributed by atoms with Crippen LogP contribution < -0.4 is 5.56 Å². The lowest BCUT2D eigenvalue weighted by molar-refractivity contribution is -0.133. The Bertz CT molecular complexity index is 689. The third-order valence-corrected chi connectivity index (χ3v) is 6.17. The molecule has 1 aromatic heterocycles. The third kappa shape index (κ3) is 4.34. The zero-order valence-corrected chi connectivity index (χ0v) is 15.6. The molecule has 0 aromatic carbocycles. The number of carbonyl (C=O) groups is 1. The molecular formula is C20H30N4O2. The van der Waals surface area contributed by atoms with Crippen LogP contribution >= 0.6 is 0 Å². The molecule has 1 aromatic rings. The van der Waals surface area contributed by atoms with Crippen molar-refractivity contribution < 1.29 is 4.79 Å². The van der Waals surface area contributed by atoms with Gasteiger partial charge in [0, 0.05) is 44.6 Å². The van der Waals surface area contributed by atoms with E-state index in [1.807, 2.05) is 4.90 Å². The average Bonchev–Trinajstić information content (AvgIpc) is 3.49. The van der Waals surface area contributed by atoms with Crippen LogP contribution in [0.15, 0.2) is 17.2 Å². The van der Waals surface area contributed by atoms with Gasteiger partial charge in [-0.3, -0.25) is 14.2 Å². The van der Waals surface area contributed by atoms with E-state index in [1.54, 1.807) is 17.0 Å². The Hall–Kier alpha value is -1.69. The molecule has 1 amide bonds. The van der Waals surface area contributed by atoms with Gasteiger partial charge < -0.3 is 9.80 Å². The molecule has 3 fully saturated rings. The number of hydrogen-bond acceptors (Lipinski definition) is 4. The van der Waals surface area contributed by atoms with Crippen LogP contribution in [0.1, 0.15) is 56.6 Å². The van der Waals surface area contributed by atoms with Gasteiger partial charge in [-0.15, -0.1) is 0 Å². The number of hydrogen-bond donors (Lipinski definition) is 0. The predicted molar refractivity (Wildman–Crippen MR) is 100 cm³/mol. The number of rotatable bonds is 6. The summed E-state index contributed by atoms with van der Waals surface area (Å²) in [5, 5.41) is 0. The van der Waals surface area contributed by atoms with E-state index in [1.165, 1.54) is 12.8 Å². The minimum Gasteiger partial charge on any atom is -0.341 e. The highest BCUT2D eigenvalue weighted by molar-refractivity contribution is 5.76. The van der Waals surface area contributed by atoms with Crippen molar-refractivity contribution >= 4 is 5.91 Å². The van der Waals surface area contributed by atoms with Gasteiger partial charge in [0.05, 0.1) is 12.0 Å². The van der Waals surface area contributed by atoms with E-state index < -0.39 is 0 Å². The fraction of sp³-hybridized carbons (Fsp3) is 0.750. The van der Waals surface area contributed by atoms with Crippen LogP contribution in [-0.4, -0.2) is 58.0 Å². The van der Waals surface area contributed by atoms with Crippen LogP contribution in [0.25, 0.3) is 0 Å². The molecule has 1 aliphatic carbocycles. The van der Waals surface area contributed by atoms with E-state index in [4.69, 9.17) is 0 Å². The third-order valence-electron chi connectivity index (χ3n) is 6.17. The number of piperidine rings is 2. The first-order valence-electron chi connectivity index (χ1n) is 10.3. The normalized spacial score (nSPS) is 22.8. The SMILES string of the molecule is O=C1CCCCN1CCN1CCC(Cn2cnc(C3CC3)cc2=O)CC1. The van der Waals surface area contributed by atoms with Crippen LogP contribution in [0.4, 0.5) is 0 Å². The maximum absolute atomic E-state index is 12.3. The topological polar surface area (TPSA) is 58.4 Å². The van der Waals surface area contributed by atoms with E-state index >= 15 is 0 Å². The van der Waals surface area contributed by atoms with Crippen molar-refractivity contribution in [2.24, 2.45) is 5.92 Å². The summed E-state index contributed by atoms with van der Waals surface area (Å²) in [5.41, 5.74) is 1.08. The van der Waals surface area contributed by atoms with E-state index in [-0.39, 0.29) is 5.56 Å². The molecule has 1 saturated carbocycles. The van der Waals surface area contributed by atoms with Crippen molar-refractivity contribution in [1.82, 2.24) is 19.4 Å². The highest BCUT2D eigenvalue weighted by Gasteiger charge is 2.26. The zero-order valence-electron chi connectivity index (χ0n) is 15.6. The average molecular weight is 358 g/mol. The minimum absolute atomic E-state index is 0.105. The van der Waals surface area contributed by atoms with Gasteiger partial charge in [-0.1, -0.05) is 0 Å². The summed E-state index contributed by atoms with van der Waals surface area (Å²) in [5.74, 6) is 1.41. The largest absolute Gasteiger partial charge is 0.341 e. The summed E-state index contributed by atoms with van der Waals surface area (Å²) in [7, 11) is 0. The van der Waals surface area contributed by atoms with Crippen LogP contribution in [0, 0.1) is 5.92 Å². The number of likely N-dealkylation sites (tertiary alicyclic amines) is 2. The van der Waals surface area contributed by atoms with Crippen molar-refractivity contribution in [3.8, 4) is 0 Å². The Balaban J connectivity index is 1.22. The molecule has 3 aliphatic rings. The Morgan fingerprint density at radius 2 is 1.81 bits per heavy atom. The Morgan fingerprint density at radius 1 is 1.00 bits per heavy atom. The molecule has 6 nitrogen and oxygen atoms in total. The number of carbonyl (C=O) groups excluding carboxylic acids is 1. The molecule has 0 spiro atoms.